The van der Waals surface area contributed by atoms with Gasteiger partial charge in [-0.15, -0.1) is 0 Å². The van der Waals surface area contributed by atoms with Crippen molar-refractivity contribution in [3.63, 3.8) is 0 Å². The first-order valence-electron chi connectivity index (χ1n) is 9.01. The third-order valence-electron chi connectivity index (χ3n) is 4.63. The van der Waals surface area contributed by atoms with Gasteiger partial charge in [0.05, 0.1) is 0 Å². The number of halogens is 1. The molecule has 5 nitrogen and oxygen atoms in total. The van der Waals surface area contributed by atoms with Crippen LogP contribution in [0.2, 0.25) is 5.02 Å². The van der Waals surface area contributed by atoms with Crippen molar-refractivity contribution in [1.82, 2.24) is 10.2 Å². The molecule has 6 heteroatoms. The molecule has 142 valence electrons. The van der Waals surface area contributed by atoms with Gasteiger partial charge in [0.15, 0.2) is 6.61 Å². The van der Waals surface area contributed by atoms with Gasteiger partial charge >= 0.3 is 0 Å². The highest BCUT2D eigenvalue weighted by molar-refractivity contribution is 6.30. The molecule has 0 saturated carbocycles. The number of carbonyl (C=O) groups excluding carboxylic acids is 2. The van der Waals surface area contributed by atoms with E-state index in [0.29, 0.717) is 29.8 Å². The van der Waals surface area contributed by atoms with E-state index in [4.69, 9.17) is 16.3 Å². The zero-order valence-electron chi connectivity index (χ0n) is 15.4. The number of hydrogen-bond acceptors (Lipinski definition) is 3. The predicted molar refractivity (Wildman–Crippen MR) is 105 cm³/mol. The maximum absolute atomic E-state index is 12.7. The molecule has 1 aliphatic rings. The van der Waals surface area contributed by atoms with Gasteiger partial charge in [-0.25, -0.2) is 0 Å². The van der Waals surface area contributed by atoms with E-state index in [9.17, 15) is 9.59 Å². The normalized spacial score (nSPS) is 17.0. The Hall–Kier alpha value is -2.53. The van der Waals surface area contributed by atoms with E-state index in [2.05, 4.69) is 19.2 Å². The van der Waals surface area contributed by atoms with E-state index in [1.54, 1.807) is 29.2 Å². The van der Waals surface area contributed by atoms with Crippen molar-refractivity contribution in [2.75, 3.05) is 19.7 Å². The quantitative estimate of drug-likeness (QED) is 0.855. The summed E-state index contributed by atoms with van der Waals surface area (Å²) in [6, 6.07) is 14.0. The zero-order chi connectivity index (χ0) is 19.4. The highest BCUT2D eigenvalue weighted by Crippen LogP contribution is 2.26. The summed E-state index contributed by atoms with van der Waals surface area (Å²) >= 11 is 5.85. The Bertz CT molecular complexity index is 803. The van der Waals surface area contributed by atoms with Crippen molar-refractivity contribution in [2.24, 2.45) is 0 Å². The molecule has 1 N–H and O–H groups in total. The monoisotopic (exact) mass is 386 g/mol. The van der Waals surface area contributed by atoms with Gasteiger partial charge in [-0.05, 0) is 41.3 Å². The summed E-state index contributed by atoms with van der Waals surface area (Å²) in [4.78, 5) is 26.8. The Balaban J connectivity index is 1.73. The number of piperazine rings is 1. The number of nitrogens with zero attached hydrogens (tertiary/aromatic N) is 1. The van der Waals surface area contributed by atoms with Crippen LogP contribution in [-0.2, 0) is 9.59 Å². The van der Waals surface area contributed by atoms with E-state index >= 15 is 0 Å². The molecule has 0 radical (unpaired) electrons. The number of hydrogen-bond donors (Lipinski definition) is 1. The number of rotatable bonds is 5. The highest BCUT2D eigenvalue weighted by atomic mass is 35.5. The van der Waals surface area contributed by atoms with Gasteiger partial charge in [0.25, 0.3) is 5.91 Å². The molecule has 0 aromatic heterocycles. The molecule has 1 aliphatic heterocycles. The maximum atomic E-state index is 12.7. The van der Waals surface area contributed by atoms with Gasteiger partial charge in [-0.1, -0.05) is 49.7 Å². The lowest BCUT2D eigenvalue weighted by atomic mass is 9.97. The fourth-order valence-electron chi connectivity index (χ4n) is 3.09. The summed E-state index contributed by atoms with van der Waals surface area (Å²) in [5, 5.41) is 3.45. The van der Waals surface area contributed by atoms with E-state index in [-0.39, 0.29) is 18.4 Å². The second-order valence-corrected chi connectivity index (χ2v) is 7.28. The number of nitrogens with one attached hydrogen (secondary N) is 1. The summed E-state index contributed by atoms with van der Waals surface area (Å²) in [5.41, 5.74) is 2.00. The Morgan fingerprint density at radius 3 is 2.48 bits per heavy atom. The second-order valence-electron chi connectivity index (χ2n) is 6.84. The fourth-order valence-corrected chi connectivity index (χ4v) is 3.21. The summed E-state index contributed by atoms with van der Waals surface area (Å²) in [5.74, 6) is 0.577. The lowest BCUT2D eigenvalue weighted by molar-refractivity contribution is -0.145. The van der Waals surface area contributed by atoms with Crippen molar-refractivity contribution in [3.8, 4) is 5.75 Å². The van der Waals surface area contributed by atoms with Crippen LogP contribution in [0.1, 0.15) is 36.9 Å². The van der Waals surface area contributed by atoms with Gasteiger partial charge < -0.3 is 15.0 Å². The van der Waals surface area contributed by atoms with Crippen LogP contribution in [0.4, 0.5) is 0 Å². The molecular formula is C21H23ClN2O3. The topological polar surface area (TPSA) is 58.6 Å². The summed E-state index contributed by atoms with van der Waals surface area (Å²) < 4.78 is 5.56. The Morgan fingerprint density at radius 2 is 1.85 bits per heavy atom. The highest BCUT2D eigenvalue weighted by Gasteiger charge is 2.34. The summed E-state index contributed by atoms with van der Waals surface area (Å²) in [6.07, 6.45) is 0. The molecule has 3 rings (SSSR count). The standard InChI is InChI=1S/C21H23ClN2O3/c1-14(2)15-3-5-16(6-4-15)20-21(26)23-11-12-24(20)19(25)13-27-18-9-7-17(22)8-10-18/h3-10,14,20H,11-13H2,1-2H3,(H,23,26). The maximum Gasteiger partial charge on any atom is 0.261 e. The van der Waals surface area contributed by atoms with Gasteiger partial charge in [0.2, 0.25) is 5.91 Å². The molecule has 0 aliphatic carbocycles. The third-order valence-corrected chi connectivity index (χ3v) is 4.88. The van der Waals surface area contributed by atoms with E-state index in [1.165, 1.54) is 5.56 Å². The van der Waals surface area contributed by atoms with Gasteiger partial charge in [0.1, 0.15) is 11.8 Å². The average Bonchev–Trinajstić information content (AvgIpc) is 2.67. The molecule has 0 spiro atoms. The molecule has 2 aromatic rings. The zero-order valence-corrected chi connectivity index (χ0v) is 16.2. The van der Waals surface area contributed by atoms with E-state index in [0.717, 1.165) is 5.56 Å². The van der Waals surface area contributed by atoms with Gasteiger partial charge in [0, 0.05) is 18.1 Å². The van der Waals surface area contributed by atoms with Crippen LogP contribution >= 0.6 is 11.6 Å². The number of ether oxygens (including phenoxy) is 1. The third kappa shape index (κ3) is 4.61. The van der Waals surface area contributed by atoms with Crippen LogP contribution in [0, 0.1) is 0 Å². The minimum absolute atomic E-state index is 0.129. The van der Waals surface area contributed by atoms with Crippen molar-refractivity contribution in [3.05, 3.63) is 64.7 Å². The lowest BCUT2D eigenvalue weighted by Crippen LogP contribution is -2.53. The van der Waals surface area contributed by atoms with Crippen molar-refractivity contribution < 1.29 is 14.3 Å². The fraction of sp³-hybridized carbons (Fsp3) is 0.333. The SMILES string of the molecule is CC(C)c1ccc(C2C(=O)NCCN2C(=O)COc2ccc(Cl)cc2)cc1. The molecule has 1 saturated heterocycles. The Morgan fingerprint density at radius 1 is 1.19 bits per heavy atom. The van der Waals surface area contributed by atoms with Gasteiger partial charge in [-0.2, -0.15) is 0 Å². The molecule has 2 amide bonds. The van der Waals surface area contributed by atoms with Crippen molar-refractivity contribution >= 4 is 23.4 Å². The van der Waals surface area contributed by atoms with Crippen LogP contribution in [-0.4, -0.2) is 36.4 Å². The molecule has 1 heterocycles. The van der Waals surface area contributed by atoms with Crippen LogP contribution in [0.3, 0.4) is 0 Å². The first-order valence-corrected chi connectivity index (χ1v) is 9.39. The minimum atomic E-state index is -0.638. The van der Waals surface area contributed by atoms with E-state index < -0.39 is 6.04 Å². The molecule has 27 heavy (non-hydrogen) atoms. The average molecular weight is 387 g/mol. The van der Waals surface area contributed by atoms with Crippen LogP contribution in [0.5, 0.6) is 5.75 Å². The second kappa shape index (κ2) is 8.44. The number of carbonyl (C=O) groups is 2. The molecule has 2 aromatic carbocycles. The number of benzene rings is 2. The molecule has 1 atom stereocenters. The summed E-state index contributed by atoms with van der Waals surface area (Å²) in [7, 11) is 0. The van der Waals surface area contributed by atoms with E-state index in [1.807, 2.05) is 24.3 Å². The smallest absolute Gasteiger partial charge is 0.261 e. The largest absolute Gasteiger partial charge is 0.484 e. The first kappa shape index (κ1) is 19.2. The molecule has 1 unspecified atom stereocenters. The van der Waals surface area contributed by atoms with Crippen LogP contribution < -0.4 is 10.1 Å². The summed E-state index contributed by atoms with van der Waals surface area (Å²) in [6.45, 7) is 4.99. The molecule has 1 fully saturated rings. The van der Waals surface area contributed by atoms with Crippen molar-refractivity contribution in [2.45, 2.75) is 25.8 Å². The first-order chi connectivity index (χ1) is 13.0. The minimum Gasteiger partial charge on any atom is -0.484 e. The predicted octanol–water partition coefficient (Wildman–Crippen LogP) is 3.54. The van der Waals surface area contributed by atoms with Crippen molar-refractivity contribution in [1.29, 1.82) is 0 Å². The Kier molecular flexibility index (Phi) is 6.01. The number of amides is 2. The van der Waals surface area contributed by atoms with Gasteiger partial charge in [-0.3, -0.25) is 9.59 Å². The van der Waals surface area contributed by atoms with Crippen LogP contribution in [0.15, 0.2) is 48.5 Å². The molecule has 0 bridgehead atoms. The molecular weight excluding hydrogens is 364 g/mol. The van der Waals surface area contributed by atoms with Crippen LogP contribution in [0.25, 0.3) is 0 Å². The Labute approximate surface area is 164 Å². The lowest BCUT2D eigenvalue weighted by Gasteiger charge is -2.35.